The minimum Gasteiger partial charge on any atom is -0.370 e. The van der Waals surface area contributed by atoms with Gasteiger partial charge in [-0.15, -0.1) is 0 Å². The molecule has 1 atom stereocenters. The van der Waals surface area contributed by atoms with Gasteiger partial charge in [-0.2, -0.15) is 0 Å². The first kappa shape index (κ1) is 11.9. The lowest BCUT2D eigenvalue weighted by molar-refractivity contribution is -0.122. The number of hydrogen-bond acceptors (Lipinski definition) is 3. The van der Waals surface area contributed by atoms with Crippen molar-refractivity contribution in [2.75, 3.05) is 6.54 Å². The molecule has 2 amide bonds. The van der Waals surface area contributed by atoms with Crippen molar-refractivity contribution in [1.82, 2.24) is 5.32 Å². The van der Waals surface area contributed by atoms with Crippen LogP contribution in [0.3, 0.4) is 0 Å². The topological polar surface area (TPSA) is 98.2 Å². The molecule has 0 aromatic rings. The Morgan fingerprint density at radius 1 is 1.38 bits per heavy atom. The highest BCUT2D eigenvalue weighted by molar-refractivity contribution is 5.80. The van der Waals surface area contributed by atoms with E-state index in [-0.39, 0.29) is 11.8 Å². The van der Waals surface area contributed by atoms with Gasteiger partial charge in [-0.05, 0) is 19.8 Å². The molecule has 0 aliphatic heterocycles. The summed E-state index contributed by atoms with van der Waals surface area (Å²) in [4.78, 5) is 21.2. The number of carbonyl (C=O) groups is 2. The van der Waals surface area contributed by atoms with Crippen molar-refractivity contribution in [1.29, 1.82) is 0 Å². The summed E-state index contributed by atoms with van der Waals surface area (Å²) in [5.74, 6) is -0.474. The van der Waals surface area contributed by atoms with Crippen molar-refractivity contribution in [2.45, 2.75) is 32.2 Å². The zero-order chi connectivity index (χ0) is 10.3. The van der Waals surface area contributed by atoms with E-state index >= 15 is 0 Å². The standard InChI is InChI=1S/C8H17N3O2/c1-6(9)8(13)11-5-3-2-4-7(10)12/h6H,2-5,9H2,1H3,(H2,10,12)(H,11,13)/t6-/m0/s1. The first-order valence-electron chi connectivity index (χ1n) is 4.35. The van der Waals surface area contributed by atoms with Gasteiger partial charge < -0.3 is 16.8 Å². The number of rotatable bonds is 6. The molecule has 0 saturated carbocycles. The number of carbonyl (C=O) groups excluding carboxylic acids is 2. The molecule has 76 valence electrons. The largest absolute Gasteiger partial charge is 0.370 e. The summed E-state index contributed by atoms with van der Waals surface area (Å²) >= 11 is 0. The Morgan fingerprint density at radius 2 is 2.00 bits per heavy atom. The van der Waals surface area contributed by atoms with Crippen LogP contribution in [-0.2, 0) is 9.59 Å². The molecule has 0 aromatic carbocycles. The van der Waals surface area contributed by atoms with Gasteiger partial charge in [0.15, 0.2) is 0 Å². The van der Waals surface area contributed by atoms with E-state index in [9.17, 15) is 9.59 Å². The minimum absolute atomic E-state index is 0.168. The van der Waals surface area contributed by atoms with Crippen molar-refractivity contribution in [3.05, 3.63) is 0 Å². The van der Waals surface area contributed by atoms with Gasteiger partial charge in [0.05, 0.1) is 6.04 Å². The molecule has 0 spiro atoms. The van der Waals surface area contributed by atoms with Crippen LogP contribution in [0.5, 0.6) is 0 Å². The molecule has 0 unspecified atom stereocenters. The van der Waals surface area contributed by atoms with Gasteiger partial charge in [-0.1, -0.05) is 0 Å². The maximum Gasteiger partial charge on any atom is 0.236 e. The monoisotopic (exact) mass is 187 g/mol. The molecule has 0 rings (SSSR count). The third-order valence-electron chi connectivity index (χ3n) is 1.56. The number of nitrogens with two attached hydrogens (primary N) is 2. The molecule has 0 fully saturated rings. The Morgan fingerprint density at radius 3 is 2.46 bits per heavy atom. The molecule has 5 heteroatoms. The summed E-state index contributed by atoms with van der Waals surface area (Å²) in [5.41, 5.74) is 10.2. The van der Waals surface area contributed by atoms with Gasteiger partial charge in [0.25, 0.3) is 0 Å². The SMILES string of the molecule is C[C@H](N)C(=O)NCCCCC(N)=O. The molecule has 0 aliphatic carbocycles. The zero-order valence-electron chi connectivity index (χ0n) is 7.88. The van der Waals surface area contributed by atoms with E-state index in [2.05, 4.69) is 5.32 Å². The first-order chi connectivity index (χ1) is 6.04. The fraction of sp³-hybridized carbons (Fsp3) is 0.750. The van der Waals surface area contributed by atoms with Crippen LogP contribution in [0, 0.1) is 0 Å². The molecule has 13 heavy (non-hydrogen) atoms. The highest BCUT2D eigenvalue weighted by atomic mass is 16.2. The normalized spacial score (nSPS) is 12.2. The Balaban J connectivity index is 3.26. The summed E-state index contributed by atoms with van der Waals surface area (Å²) in [6, 6.07) is -0.476. The molecule has 0 radical (unpaired) electrons. The Bertz CT molecular complexity index is 180. The summed E-state index contributed by atoms with van der Waals surface area (Å²) in [6.45, 7) is 2.17. The lowest BCUT2D eigenvalue weighted by atomic mass is 10.2. The number of amides is 2. The first-order valence-corrected chi connectivity index (χ1v) is 4.35. The zero-order valence-corrected chi connectivity index (χ0v) is 7.88. The Labute approximate surface area is 77.8 Å². The predicted molar refractivity (Wildman–Crippen MR) is 49.7 cm³/mol. The maximum absolute atomic E-state index is 10.9. The van der Waals surface area contributed by atoms with Crippen LogP contribution in [0.2, 0.25) is 0 Å². The quantitative estimate of drug-likeness (QED) is 0.470. The van der Waals surface area contributed by atoms with E-state index in [1.54, 1.807) is 6.92 Å². The molecule has 0 bridgehead atoms. The molecular weight excluding hydrogens is 170 g/mol. The van der Waals surface area contributed by atoms with Crippen molar-refractivity contribution in [3.63, 3.8) is 0 Å². The summed E-state index contributed by atoms with van der Waals surface area (Å²) in [6.07, 6.45) is 1.82. The van der Waals surface area contributed by atoms with Gasteiger partial charge in [-0.3, -0.25) is 9.59 Å². The fourth-order valence-corrected chi connectivity index (χ4v) is 0.797. The second kappa shape index (κ2) is 6.42. The lowest BCUT2D eigenvalue weighted by Crippen LogP contribution is -2.38. The lowest BCUT2D eigenvalue weighted by Gasteiger charge is -2.06. The summed E-state index contributed by atoms with van der Waals surface area (Å²) in [7, 11) is 0. The number of nitrogens with one attached hydrogen (secondary N) is 1. The molecule has 0 aromatic heterocycles. The minimum atomic E-state index is -0.476. The van der Waals surface area contributed by atoms with Crippen LogP contribution in [0.4, 0.5) is 0 Å². The van der Waals surface area contributed by atoms with E-state index in [1.807, 2.05) is 0 Å². The highest BCUT2D eigenvalue weighted by Gasteiger charge is 2.04. The van der Waals surface area contributed by atoms with Gasteiger partial charge in [-0.25, -0.2) is 0 Å². The highest BCUT2D eigenvalue weighted by Crippen LogP contribution is 1.92. The van der Waals surface area contributed by atoms with Crippen molar-refractivity contribution in [3.8, 4) is 0 Å². The molecule has 0 saturated heterocycles. The maximum atomic E-state index is 10.9. The Kier molecular flexibility index (Phi) is 5.88. The molecule has 5 nitrogen and oxygen atoms in total. The Hall–Kier alpha value is -1.10. The van der Waals surface area contributed by atoms with E-state index in [0.717, 1.165) is 6.42 Å². The van der Waals surface area contributed by atoms with Crippen LogP contribution in [0.25, 0.3) is 0 Å². The van der Waals surface area contributed by atoms with Crippen LogP contribution in [-0.4, -0.2) is 24.4 Å². The average Bonchev–Trinajstić information content (AvgIpc) is 2.02. The van der Waals surface area contributed by atoms with Gasteiger partial charge >= 0.3 is 0 Å². The number of primary amides is 1. The summed E-state index contributed by atoms with van der Waals surface area (Å²) in [5, 5.41) is 2.64. The van der Waals surface area contributed by atoms with Crippen LogP contribution in [0.1, 0.15) is 26.2 Å². The van der Waals surface area contributed by atoms with Gasteiger partial charge in [0.2, 0.25) is 11.8 Å². The van der Waals surface area contributed by atoms with Crippen molar-refractivity contribution in [2.24, 2.45) is 11.5 Å². The van der Waals surface area contributed by atoms with Crippen LogP contribution >= 0.6 is 0 Å². The van der Waals surface area contributed by atoms with Crippen LogP contribution < -0.4 is 16.8 Å². The smallest absolute Gasteiger partial charge is 0.236 e. The van der Waals surface area contributed by atoms with Crippen LogP contribution in [0.15, 0.2) is 0 Å². The molecule has 5 N–H and O–H groups in total. The molecule has 0 heterocycles. The second-order valence-corrected chi connectivity index (χ2v) is 3.00. The number of unbranched alkanes of at least 4 members (excludes halogenated alkanes) is 1. The van der Waals surface area contributed by atoms with E-state index in [4.69, 9.17) is 11.5 Å². The average molecular weight is 187 g/mol. The second-order valence-electron chi connectivity index (χ2n) is 3.00. The fourth-order valence-electron chi connectivity index (χ4n) is 0.797. The van der Waals surface area contributed by atoms with E-state index in [0.29, 0.717) is 19.4 Å². The van der Waals surface area contributed by atoms with E-state index < -0.39 is 6.04 Å². The van der Waals surface area contributed by atoms with Gasteiger partial charge in [0.1, 0.15) is 0 Å². The summed E-state index contributed by atoms with van der Waals surface area (Å²) < 4.78 is 0. The molecular formula is C8H17N3O2. The van der Waals surface area contributed by atoms with Crippen molar-refractivity contribution >= 4 is 11.8 Å². The van der Waals surface area contributed by atoms with E-state index in [1.165, 1.54) is 0 Å². The third-order valence-corrected chi connectivity index (χ3v) is 1.56. The van der Waals surface area contributed by atoms with Crippen molar-refractivity contribution < 1.29 is 9.59 Å². The predicted octanol–water partition coefficient (Wildman–Crippen LogP) is -0.895. The molecule has 0 aliphatic rings. The van der Waals surface area contributed by atoms with Gasteiger partial charge in [0, 0.05) is 13.0 Å². The third kappa shape index (κ3) is 7.27. The number of hydrogen-bond donors (Lipinski definition) is 3.